The van der Waals surface area contributed by atoms with Gasteiger partial charge in [-0.05, 0) is 25.3 Å². The number of hydrogen-bond donors (Lipinski definition) is 1. The predicted octanol–water partition coefficient (Wildman–Crippen LogP) is 4.66. The Bertz CT molecular complexity index is 599. The molecule has 0 saturated heterocycles. The number of anilines is 1. The van der Waals surface area contributed by atoms with E-state index in [0.717, 1.165) is 23.5 Å². The lowest BCUT2D eigenvalue weighted by atomic mass is 9.90. The molecule has 1 aromatic carbocycles. The van der Waals surface area contributed by atoms with Gasteiger partial charge >= 0.3 is 0 Å². The van der Waals surface area contributed by atoms with E-state index in [1.54, 1.807) is 0 Å². The van der Waals surface area contributed by atoms with Gasteiger partial charge in [-0.2, -0.15) is 5.10 Å². The van der Waals surface area contributed by atoms with Crippen LogP contribution in [-0.2, 0) is 7.05 Å². The number of rotatable bonds is 6. The molecule has 0 fully saturated rings. The van der Waals surface area contributed by atoms with Gasteiger partial charge in [0, 0.05) is 18.5 Å². The van der Waals surface area contributed by atoms with E-state index in [1.807, 2.05) is 11.7 Å². The topological polar surface area (TPSA) is 43.8 Å². The maximum atomic E-state index is 6.31. The highest BCUT2D eigenvalue weighted by atomic mass is 15.3. The number of nitrogen functional groups attached to an aromatic ring is 1. The van der Waals surface area contributed by atoms with Gasteiger partial charge in [-0.3, -0.25) is 4.68 Å². The molecule has 1 atom stereocenters. The molecule has 21 heavy (non-hydrogen) atoms. The van der Waals surface area contributed by atoms with Crippen molar-refractivity contribution in [1.29, 1.82) is 0 Å². The van der Waals surface area contributed by atoms with Gasteiger partial charge in [-0.25, -0.2) is 0 Å². The number of unbranched alkanes of at least 4 members (excludes halogenated alkanes) is 1. The van der Waals surface area contributed by atoms with Crippen LogP contribution in [0.3, 0.4) is 0 Å². The summed E-state index contributed by atoms with van der Waals surface area (Å²) in [5, 5.41) is 4.73. The van der Waals surface area contributed by atoms with Crippen LogP contribution in [0, 0.1) is 6.92 Å². The monoisotopic (exact) mass is 285 g/mol. The van der Waals surface area contributed by atoms with E-state index >= 15 is 0 Å². The Labute approximate surface area is 128 Å². The van der Waals surface area contributed by atoms with Gasteiger partial charge < -0.3 is 5.73 Å². The molecule has 3 heteroatoms. The van der Waals surface area contributed by atoms with Crippen molar-refractivity contribution < 1.29 is 0 Å². The van der Waals surface area contributed by atoms with Gasteiger partial charge in [0.15, 0.2) is 0 Å². The van der Waals surface area contributed by atoms with Crippen molar-refractivity contribution in [2.24, 2.45) is 7.05 Å². The molecular formula is C18H27N3. The van der Waals surface area contributed by atoms with E-state index in [4.69, 9.17) is 10.8 Å². The summed E-state index contributed by atoms with van der Waals surface area (Å²) in [4.78, 5) is 0. The van der Waals surface area contributed by atoms with Crippen molar-refractivity contribution in [2.45, 2.75) is 52.4 Å². The Hall–Kier alpha value is -1.77. The maximum absolute atomic E-state index is 6.31. The highest BCUT2D eigenvalue weighted by molar-refractivity contribution is 5.77. The van der Waals surface area contributed by atoms with Crippen molar-refractivity contribution in [2.75, 3.05) is 5.73 Å². The third-order valence-corrected chi connectivity index (χ3v) is 4.21. The first-order valence-corrected chi connectivity index (χ1v) is 7.97. The van der Waals surface area contributed by atoms with Crippen LogP contribution in [-0.4, -0.2) is 9.78 Å². The largest absolute Gasteiger partial charge is 0.383 e. The predicted molar refractivity (Wildman–Crippen MR) is 90.4 cm³/mol. The summed E-state index contributed by atoms with van der Waals surface area (Å²) in [6, 6.07) is 8.54. The Kier molecular flexibility index (Phi) is 5.05. The molecule has 0 aliphatic carbocycles. The molecule has 3 nitrogen and oxygen atoms in total. The molecule has 1 heterocycles. The Morgan fingerprint density at radius 3 is 2.67 bits per heavy atom. The van der Waals surface area contributed by atoms with Crippen molar-refractivity contribution in [1.82, 2.24) is 9.78 Å². The van der Waals surface area contributed by atoms with E-state index < -0.39 is 0 Å². The van der Waals surface area contributed by atoms with Gasteiger partial charge in [-0.15, -0.1) is 0 Å². The van der Waals surface area contributed by atoms with Crippen molar-refractivity contribution in [3.63, 3.8) is 0 Å². The molecule has 0 bridgehead atoms. The van der Waals surface area contributed by atoms with Crippen LogP contribution in [0.1, 0.15) is 56.7 Å². The van der Waals surface area contributed by atoms with Crippen molar-refractivity contribution in [3.05, 3.63) is 35.5 Å². The molecule has 0 saturated carbocycles. The minimum Gasteiger partial charge on any atom is -0.383 e. The minimum atomic E-state index is 0.490. The lowest BCUT2D eigenvalue weighted by Crippen LogP contribution is -2.01. The Balaban J connectivity index is 2.49. The normalized spacial score (nSPS) is 12.6. The Morgan fingerprint density at radius 1 is 1.29 bits per heavy atom. The van der Waals surface area contributed by atoms with Gasteiger partial charge in [0.05, 0.1) is 5.69 Å². The third-order valence-electron chi connectivity index (χ3n) is 4.21. The fourth-order valence-electron chi connectivity index (χ4n) is 2.93. The number of nitrogens with zero attached hydrogens (tertiary/aromatic N) is 2. The first-order chi connectivity index (χ1) is 10.1. The molecule has 0 spiro atoms. The second kappa shape index (κ2) is 6.79. The summed E-state index contributed by atoms with van der Waals surface area (Å²) in [7, 11) is 1.94. The summed E-state index contributed by atoms with van der Waals surface area (Å²) < 4.78 is 1.82. The molecule has 2 rings (SSSR count). The average molecular weight is 285 g/mol. The zero-order chi connectivity index (χ0) is 15.4. The van der Waals surface area contributed by atoms with E-state index in [2.05, 4.69) is 45.0 Å². The summed E-state index contributed by atoms with van der Waals surface area (Å²) in [6.45, 7) is 6.59. The van der Waals surface area contributed by atoms with Crippen LogP contribution in [0.4, 0.5) is 5.82 Å². The van der Waals surface area contributed by atoms with Crippen LogP contribution >= 0.6 is 0 Å². The molecule has 1 unspecified atom stereocenters. The second-order valence-corrected chi connectivity index (χ2v) is 5.89. The maximum Gasteiger partial charge on any atom is 0.129 e. The quantitative estimate of drug-likeness (QED) is 0.838. The third kappa shape index (κ3) is 3.29. The van der Waals surface area contributed by atoms with E-state index in [1.165, 1.54) is 30.4 Å². The number of aromatic nitrogens is 2. The lowest BCUT2D eigenvalue weighted by molar-refractivity contribution is 0.549. The lowest BCUT2D eigenvalue weighted by Gasteiger charge is -2.14. The molecule has 0 aliphatic rings. The van der Waals surface area contributed by atoms with Crippen LogP contribution in [0.15, 0.2) is 24.3 Å². The first-order valence-electron chi connectivity index (χ1n) is 7.97. The second-order valence-electron chi connectivity index (χ2n) is 5.89. The Morgan fingerprint density at radius 2 is 2.05 bits per heavy atom. The molecule has 0 aliphatic heterocycles. The fourth-order valence-corrected chi connectivity index (χ4v) is 2.93. The summed E-state index contributed by atoms with van der Waals surface area (Å²) in [6.07, 6.45) is 4.75. The van der Waals surface area contributed by atoms with E-state index in [-0.39, 0.29) is 0 Å². The standard InChI is InChI=1S/C18H27N3/c1-5-7-10-14(6-2)17-16(18(19)21(4)20-17)15-11-8-9-13(3)12-15/h8-9,11-12,14H,5-7,10,19H2,1-4H3. The molecule has 0 radical (unpaired) electrons. The van der Waals surface area contributed by atoms with Crippen LogP contribution in [0.25, 0.3) is 11.1 Å². The number of nitrogens with two attached hydrogens (primary N) is 1. The van der Waals surface area contributed by atoms with E-state index in [9.17, 15) is 0 Å². The number of hydrogen-bond acceptors (Lipinski definition) is 2. The summed E-state index contributed by atoms with van der Waals surface area (Å²) in [5.41, 5.74) is 11.0. The summed E-state index contributed by atoms with van der Waals surface area (Å²) in [5.74, 6) is 1.26. The van der Waals surface area contributed by atoms with Crippen LogP contribution < -0.4 is 5.73 Å². The molecule has 114 valence electrons. The smallest absolute Gasteiger partial charge is 0.129 e. The number of benzene rings is 1. The fraction of sp³-hybridized carbons (Fsp3) is 0.500. The molecule has 0 amide bonds. The van der Waals surface area contributed by atoms with Crippen molar-refractivity contribution in [3.8, 4) is 11.1 Å². The van der Waals surface area contributed by atoms with Crippen molar-refractivity contribution >= 4 is 5.82 Å². The number of aryl methyl sites for hydroxylation is 2. The van der Waals surface area contributed by atoms with Gasteiger partial charge in [0.1, 0.15) is 5.82 Å². The van der Waals surface area contributed by atoms with Gasteiger partial charge in [-0.1, -0.05) is 56.5 Å². The zero-order valence-corrected chi connectivity index (χ0v) is 13.7. The van der Waals surface area contributed by atoms with Gasteiger partial charge in [0.25, 0.3) is 0 Å². The average Bonchev–Trinajstić information content (AvgIpc) is 2.76. The molecular weight excluding hydrogens is 258 g/mol. The van der Waals surface area contributed by atoms with E-state index in [0.29, 0.717) is 5.92 Å². The molecule has 2 N–H and O–H groups in total. The zero-order valence-electron chi connectivity index (χ0n) is 13.7. The molecule has 1 aromatic heterocycles. The van der Waals surface area contributed by atoms with Crippen LogP contribution in [0.2, 0.25) is 0 Å². The SMILES string of the molecule is CCCCC(CC)c1nn(C)c(N)c1-c1cccc(C)c1. The van der Waals surface area contributed by atoms with Gasteiger partial charge in [0.2, 0.25) is 0 Å². The minimum absolute atomic E-state index is 0.490. The first kappa shape index (κ1) is 15.6. The van der Waals surface area contributed by atoms with Crippen LogP contribution in [0.5, 0.6) is 0 Å². The molecule has 2 aromatic rings. The highest BCUT2D eigenvalue weighted by Gasteiger charge is 2.22. The highest BCUT2D eigenvalue weighted by Crippen LogP contribution is 2.37. The summed E-state index contributed by atoms with van der Waals surface area (Å²) >= 11 is 0.